The van der Waals surface area contributed by atoms with Gasteiger partial charge in [0.15, 0.2) is 0 Å². The Hall–Kier alpha value is -3.14. The molecule has 0 atom stereocenters. The molecule has 27 heavy (non-hydrogen) atoms. The molecule has 0 aliphatic heterocycles. The Balaban J connectivity index is 1.47. The molecule has 2 aromatic carbocycles. The highest BCUT2D eigenvalue weighted by molar-refractivity contribution is 5.93. The van der Waals surface area contributed by atoms with Crippen molar-refractivity contribution in [2.45, 2.75) is 19.4 Å². The number of carbonyl (C=O) groups is 1. The average molecular weight is 359 g/mol. The first-order chi connectivity index (χ1) is 13.2. The molecule has 1 N–H and O–H groups in total. The number of aromatic nitrogens is 1. The van der Waals surface area contributed by atoms with E-state index in [0.717, 1.165) is 30.8 Å². The molecule has 0 aliphatic carbocycles. The van der Waals surface area contributed by atoms with E-state index in [0.29, 0.717) is 12.1 Å². The Labute approximate surface area is 160 Å². The number of rotatable bonds is 8. The standard InChI is InChI=1S/C23H25N3O/c1-26(18-20-11-6-3-7-12-20)23(27)21-14-15-22(25-17-21)24-16-8-13-19-9-4-2-5-10-19/h2-7,9-12,14-15,17H,8,13,16,18H2,1H3,(H,24,25). The number of pyridine rings is 1. The quantitative estimate of drug-likeness (QED) is 0.606. The maximum absolute atomic E-state index is 12.5. The number of aryl methyl sites for hydroxylation is 1. The fourth-order valence-electron chi connectivity index (χ4n) is 2.93. The van der Waals surface area contributed by atoms with E-state index in [1.165, 1.54) is 5.56 Å². The van der Waals surface area contributed by atoms with Crippen LogP contribution in [0, 0.1) is 0 Å². The summed E-state index contributed by atoms with van der Waals surface area (Å²) in [7, 11) is 1.81. The monoisotopic (exact) mass is 359 g/mol. The number of nitrogens with one attached hydrogen (secondary N) is 1. The fourth-order valence-corrected chi connectivity index (χ4v) is 2.93. The van der Waals surface area contributed by atoms with Crippen LogP contribution in [0.3, 0.4) is 0 Å². The first-order valence-electron chi connectivity index (χ1n) is 9.25. The molecule has 1 aromatic heterocycles. The molecule has 138 valence electrons. The van der Waals surface area contributed by atoms with E-state index in [-0.39, 0.29) is 5.91 Å². The summed E-state index contributed by atoms with van der Waals surface area (Å²) in [4.78, 5) is 18.6. The Morgan fingerprint density at radius 2 is 1.59 bits per heavy atom. The van der Waals surface area contributed by atoms with Gasteiger partial charge in [0.2, 0.25) is 0 Å². The van der Waals surface area contributed by atoms with E-state index in [1.54, 1.807) is 11.1 Å². The molecule has 0 spiro atoms. The first kappa shape index (κ1) is 18.6. The van der Waals surface area contributed by atoms with Gasteiger partial charge in [0.05, 0.1) is 5.56 Å². The summed E-state index contributed by atoms with van der Waals surface area (Å²) in [5.41, 5.74) is 3.05. The highest BCUT2D eigenvalue weighted by Crippen LogP contribution is 2.11. The van der Waals surface area contributed by atoms with Gasteiger partial charge in [0, 0.05) is 26.3 Å². The summed E-state index contributed by atoms with van der Waals surface area (Å²) >= 11 is 0. The van der Waals surface area contributed by atoms with Gasteiger partial charge in [-0.15, -0.1) is 0 Å². The lowest BCUT2D eigenvalue weighted by molar-refractivity contribution is 0.0784. The predicted molar refractivity (Wildman–Crippen MR) is 110 cm³/mol. The lowest BCUT2D eigenvalue weighted by Gasteiger charge is -2.17. The maximum atomic E-state index is 12.5. The largest absolute Gasteiger partial charge is 0.370 e. The molecule has 0 saturated carbocycles. The van der Waals surface area contributed by atoms with Crippen LogP contribution in [0.4, 0.5) is 5.82 Å². The van der Waals surface area contributed by atoms with Crippen LogP contribution in [-0.2, 0) is 13.0 Å². The zero-order valence-electron chi connectivity index (χ0n) is 15.6. The van der Waals surface area contributed by atoms with Gasteiger partial charge in [-0.25, -0.2) is 4.98 Å². The Bertz CT molecular complexity index is 833. The molecule has 4 nitrogen and oxygen atoms in total. The van der Waals surface area contributed by atoms with Crippen molar-refractivity contribution < 1.29 is 4.79 Å². The van der Waals surface area contributed by atoms with Gasteiger partial charge >= 0.3 is 0 Å². The van der Waals surface area contributed by atoms with Crippen molar-refractivity contribution in [2.75, 3.05) is 18.9 Å². The number of amides is 1. The zero-order valence-corrected chi connectivity index (χ0v) is 15.6. The molecular weight excluding hydrogens is 334 g/mol. The van der Waals surface area contributed by atoms with Crippen LogP contribution in [-0.4, -0.2) is 29.4 Å². The normalized spacial score (nSPS) is 10.4. The van der Waals surface area contributed by atoms with Crippen molar-refractivity contribution in [1.29, 1.82) is 0 Å². The number of hydrogen-bond acceptors (Lipinski definition) is 3. The van der Waals surface area contributed by atoms with E-state index < -0.39 is 0 Å². The number of benzene rings is 2. The molecule has 3 rings (SSSR count). The third-order valence-electron chi connectivity index (χ3n) is 4.41. The second-order valence-electron chi connectivity index (χ2n) is 6.59. The SMILES string of the molecule is CN(Cc1ccccc1)C(=O)c1ccc(NCCCc2ccccc2)nc1. The maximum Gasteiger partial charge on any atom is 0.255 e. The van der Waals surface area contributed by atoms with E-state index in [2.05, 4.69) is 34.6 Å². The average Bonchev–Trinajstić information content (AvgIpc) is 2.72. The van der Waals surface area contributed by atoms with Crippen LogP contribution in [0.15, 0.2) is 79.0 Å². The van der Waals surface area contributed by atoms with Gasteiger partial charge in [-0.3, -0.25) is 4.79 Å². The number of hydrogen-bond donors (Lipinski definition) is 1. The van der Waals surface area contributed by atoms with Gasteiger partial charge in [0.1, 0.15) is 5.82 Å². The van der Waals surface area contributed by atoms with Crippen LogP contribution < -0.4 is 5.32 Å². The molecule has 3 aromatic rings. The summed E-state index contributed by atoms with van der Waals surface area (Å²) in [6.45, 7) is 1.43. The van der Waals surface area contributed by atoms with Gasteiger partial charge < -0.3 is 10.2 Å². The van der Waals surface area contributed by atoms with Crippen LogP contribution in [0.25, 0.3) is 0 Å². The lowest BCUT2D eigenvalue weighted by Crippen LogP contribution is -2.26. The molecule has 0 aliphatic rings. The number of anilines is 1. The van der Waals surface area contributed by atoms with Crippen molar-refractivity contribution in [1.82, 2.24) is 9.88 Å². The molecule has 1 heterocycles. The second-order valence-corrected chi connectivity index (χ2v) is 6.59. The Morgan fingerprint density at radius 3 is 2.22 bits per heavy atom. The summed E-state index contributed by atoms with van der Waals surface area (Å²) in [6.07, 6.45) is 3.71. The minimum atomic E-state index is -0.0259. The summed E-state index contributed by atoms with van der Waals surface area (Å²) < 4.78 is 0. The first-order valence-corrected chi connectivity index (χ1v) is 9.25. The van der Waals surface area contributed by atoms with Crippen LogP contribution >= 0.6 is 0 Å². The van der Waals surface area contributed by atoms with Crippen LogP contribution in [0.2, 0.25) is 0 Å². The third-order valence-corrected chi connectivity index (χ3v) is 4.41. The summed E-state index contributed by atoms with van der Waals surface area (Å²) in [6, 6.07) is 24.1. The number of nitrogens with zero attached hydrogens (tertiary/aromatic N) is 2. The van der Waals surface area contributed by atoms with Crippen molar-refractivity contribution in [3.8, 4) is 0 Å². The third kappa shape index (κ3) is 5.68. The van der Waals surface area contributed by atoms with Gasteiger partial charge in [-0.1, -0.05) is 60.7 Å². The number of carbonyl (C=O) groups excluding carboxylic acids is 1. The highest BCUT2D eigenvalue weighted by Gasteiger charge is 2.12. The molecule has 0 radical (unpaired) electrons. The second kappa shape index (κ2) is 9.53. The molecule has 4 heteroatoms. The van der Waals surface area contributed by atoms with E-state index in [9.17, 15) is 4.79 Å². The zero-order chi connectivity index (χ0) is 18.9. The van der Waals surface area contributed by atoms with Crippen molar-refractivity contribution >= 4 is 11.7 Å². The molecular formula is C23H25N3O. The molecule has 1 amide bonds. The molecule has 0 fully saturated rings. The smallest absolute Gasteiger partial charge is 0.255 e. The van der Waals surface area contributed by atoms with Crippen LogP contribution in [0.5, 0.6) is 0 Å². The van der Waals surface area contributed by atoms with Crippen LogP contribution in [0.1, 0.15) is 27.9 Å². The van der Waals surface area contributed by atoms with Crippen molar-refractivity contribution in [2.24, 2.45) is 0 Å². The van der Waals surface area contributed by atoms with Crippen molar-refractivity contribution in [3.05, 3.63) is 95.7 Å². The predicted octanol–water partition coefficient (Wildman–Crippen LogP) is 4.40. The topological polar surface area (TPSA) is 45.2 Å². The van der Waals surface area contributed by atoms with E-state index >= 15 is 0 Å². The fraction of sp³-hybridized carbons (Fsp3) is 0.217. The molecule has 0 unspecified atom stereocenters. The molecule has 0 bridgehead atoms. The minimum absolute atomic E-state index is 0.0259. The van der Waals surface area contributed by atoms with Gasteiger partial charge in [-0.05, 0) is 36.1 Å². The summed E-state index contributed by atoms with van der Waals surface area (Å²) in [5, 5.41) is 3.31. The van der Waals surface area contributed by atoms with Crippen molar-refractivity contribution in [3.63, 3.8) is 0 Å². The Kier molecular flexibility index (Phi) is 6.58. The van der Waals surface area contributed by atoms with Gasteiger partial charge in [-0.2, -0.15) is 0 Å². The molecule has 0 saturated heterocycles. The summed E-state index contributed by atoms with van der Waals surface area (Å²) in [5.74, 6) is 0.771. The Morgan fingerprint density at radius 1 is 0.926 bits per heavy atom. The minimum Gasteiger partial charge on any atom is -0.370 e. The van der Waals surface area contributed by atoms with E-state index in [1.807, 2.05) is 55.6 Å². The highest BCUT2D eigenvalue weighted by atomic mass is 16.2. The van der Waals surface area contributed by atoms with Gasteiger partial charge in [0.25, 0.3) is 5.91 Å². The van der Waals surface area contributed by atoms with E-state index in [4.69, 9.17) is 0 Å². The lowest BCUT2D eigenvalue weighted by atomic mass is 10.1.